The Hall–Kier alpha value is -3.37. The first-order valence-corrected chi connectivity index (χ1v) is 11.5. The van der Waals surface area contributed by atoms with Crippen LogP contribution in [-0.4, -0.2) is 41.0 Å². The third kappa shape index (κ3) is 4.76. The fraction of sp³-hybridized carbons (Fsp3) is 0.227. The predicted octanol–water partition coefficient (Wildman–Crippen LogP) is 4.04. The lowest BCUT2D eigenvalue weighted by molar-refractivity contribution is -0.118. The largest absolute Gasteiger partial charge is 0.454 e. The van der Waals surface area contributed by atoms with Crippen LogP contribution in [0.1, 0.15) is 37.5 Å². The molecule has 0 aliphatic carbocycles. The van der Waals surface area contributed by atoms with Gasteiger partial charge in [-0.2, -0.15) is 0 Å². The van der Waals surface area contributed by atoms with Gasteiger partial charge in [-0.25, -0.2) is 9.78 Å². The number of fused-ring (bicyclic) bond motifs is 1. The second kappa shape index (κ2) is 9.41. The van der Waals surface area contributed by atoms with Gasteiger partial charge >= 0.3 is 5.97 Å². The van der Waals surface area contributed by atoms with Crippen molar-refractivity contribution in [2.24, 2.45) is 0 Å². The molecule has 0 spiro atoms. The topological polar surface area (TPSA) is 111 Å². The van der Waals surface area contributed by atoms with Crippen LogP contribution in [0.25, 0.3) is 21.7 Å². The highest BCUT2D eigenvalue weighted by molar-refractivity contribution is 7.14. The molecule has 0 atom stereocenters. The number of rotatable bonds is 8. The molecule has 0 unspecified atom stereocenters. The molecule has 0 radical (unpaired) electrons. The molecule has 8 nitrogen and oxygen atoms in total. The average Bonchev–Trinajstić information content (AvgIpc) is 3.52. The number of carbonyl (C=O) groups excluding carboxylic acids is 3. The van der Waals surface area contributed by atoms with Gasteiger partial charge in [0.15, 0.2) is 6.61 Å². The summed E-state index contributed by atoms with van der Waals surface area (Å²) >= 11 is 2.81. The van der Waals surface area contributed by atoms with Crippen LogP contribution in [0.5, 0.6) is 0 Å². The van der Waals surface area contributed by atoms with E-state index in [-0.39, 0.29) is 29.6 Å². The highest BCUT2D eigenvalue weighted by Crippen LogP contribution is 2.30. The first-order valence-electron chi connectivity index (χ1n) is 9.76. The molecule has 4 aromatic heterocycles. The number of aryl methyl sites for hydroxylation is 1. The number of ether oxygens (including phenoxy) is 1. The molecule has 0 aromatic carbocycles. The highest BCUT2D eigenvalue weighted by atomic mass is 32.1. The number of amides is 1. The Bertz CT molecular complexity index is 1290. The summed E-state index contributed by atoms with van der Waals surface area (Å²) in [7, 11) is 0. The molecular formula is C22H19N3O5S2. The fourth-order valence-electron chi connectivity index (χ4n) is 3.11. The Balaban J connectivity index is 1.47. The minimum atomic E-state index is -0.641. The van der Waals surface area contributed by atoms with Gasteiger partial charge < -0.3 is 14.6 Å². The van der Waals surface area contributed by atoms with Crippen LogP contribution in [0.4, 0.5) is 0 Å². The van der Waals surface area contributed by atoms with Gasteiger partial charge in [-0.1, -0.05) is 11.2 Å². The first kappa shape index (κ1) is 21.8. The lowest BCUT2D eigenvalue weighted by atomic mass is 10.1. The lowest BCUT2D eigenvalue weighted by Crippen LogP contribution is -2.22. The molecule has 4 aromatic rings. The zero-order valence-corrected chi connectivity index (χ0v) is 19.0. The number of thiophene rings is 2. The van der Waals surface area contributed by atoms with Crippen molar-refractivity contribution in [1.29, 1.82) is 0 Å². The van der Waals surface area contributed by atoms with E-state index in [1.54, 1.807) is 19.1 Å². The standard InChI is InChI=1S/C22H19N3O5S2/c1-12-20-15(10-16(18-4-3-9-31-18)24-21(20)30-25-12)22(28)29-11-17(27)19-6-5-14(32-19)7-8-23-13(2)26/h3-6,9-10H,7-8,11H2,1-2H3,(H,23,26). The summed E-state index contributed by atoms with van der Waals surface area (Å²) in [6, 6.07) is 8.95. The van der Waals surface area contributed by atoms with E-state index in [9.17, 15) is 14.4 Å². The first-order chi connectivity index (χ1) is 15.4. The maximum Gasteiger partial charge on any atom is 0.339 e. The van der Waals surface area contributed by atoms with E-state index in [1.807, 2.05) is 23.6 Å². The van der Waals surface area contributed by atoms with Crippen LogP contribution in [0.3, 0.4) is 0 Å². The van der Waals surface area contributed by atoms with Crippen molar-refractivity contribution in [2.45, 2.75) is 20.3 Å². The number of aromatic nitrogens is 2. The van der Waals surface area contributed by atoms with Gasteiger partial charge in [0.1, 0.15) is 0 Å². The Morgan fingerprint density at radius 3 is 2.81 bits per heavy atom. The van der Waals surface area contributed by atoms with Crippen LogP contribution in [0, 0.1) is 6.92 Å². The number of nitrogens with zero attached hydrogens (tertiary/aromatic N) is 2. The van der Waals surface area contributed by atoms with Gasteiger partial charge in [-0.15, -0.1) is 22.7 Å². The zero-order chi connectivity index (χ0) is 22.7. The quantitative estimate of drug-likeness (QED) is 0.306. The van der Waals surface area contributed by atoms with Crippen molar-refractivity contribution in [3.8, 4) is 10.6 Å². The molecular weight excluding hydrogens is 450 g/mol. The molecule has 0 saturated carbocycles. The average molecular weight is 470 g/mol. The molecule has 10 heteroatoms. The van der Waals surface area contributed by atoms with Crippen molar-refractivity contribution >= 4 is 51.4 Å². The molecule has 0 fully saturated rings. The monoisotopic (exact) mass is 469 g/mol. The number of hydrogen-bond donors (Lipinski definition) is 1. The molecule has 0 aliphatic rings. The summed E-state index contributed by atoms with van der Waals surface area (Å²) in [6.45, 7) is 3.29. The van der Waals surface area contributed by atoms with Crippen LogP contribution in [0.2, 0.25) is 0 Å². The smallest absolute Gasteiger partial charge is 0.339 e. The fourth-order valence-corrected chi connectivity index (χ4v) is 4.73. The van der Waals surface area contributed by atoms with E-state index in [0.717, 1.165) is 9.75 Å². The second-order valence-corrected chi connectivity index (χ2v) is 9.09. The number of esters is 1. The number of carbonyl (C=O) groups is 3. The van der Waals surface area contributed by atoms with E-state index < -0.39 is 5.97 Å². The minimum absolute atomic E-state index is 0.0970. The van der Waals surface area contributed by atoms with Crippen molar-refractivity contribution in [3.05, 3.63) is 56.7 Å². The Labute approximate surface area is 191 Å². The Morgan fingerprint density at radius 1 is 1.22 bits per heavy atom. The zero-order valence-electron chi connectivity index (χ0n) is 17.3. The summed E-state index contributed by atoms with van der Waals surface area (Å²) in [5.74, 6) is -1.03. The van der Waals surface area contributed by atoms with Crippen LogP contribution in [0.15, 0.2) is 40.2 Å². The summed E-state index contributed by atoms with van der Waals surface area (Å²) < 4.78 is 10.6. The third-order valence-electron chi connectivity index (χ3n) is 4.63. The molecule has 164 valence electrons. The molecule has 0 aliphatic heterocycles. The van der Waals surface area contributed by atoms with E-state index in [4.69, 9.17) is 9.26 Å². The Morgan fingerprint density at radius 2 is 2.06 bits per heavy atom. The normalized spacial score (nSPS) is 10.9. The number of ketones is 1. The van der Waals surface area contributed by atoms with Gasteiger partial charge in [0.2, 0.25) is 11.7 Å². The van der Waals surface area contributed by atoms with Crippen molar-refractivity contribution in [2.75, 3.05) is 13.2 Å². The number of pyridine rings is 1. The maximum absolute atomic E-state index is 12.9. The molecule has 1 amide bonds. The van der Waals surface area contributed by atoms with Gasteiger partial charge in [0, 0.05) is 18.3 Å². The summed E-state index contributed by atoms with van der Waals surface area (Å²) in [6.07, 6.45) is 0.630. The predicted molar refractivity (Wildman–Crippen MR) is 121 cm³/mol. The van der Waals surface area contributed by atoms with Gasteiger partial charge in [-0.3, -0.25) is 9.59 Å². The van der Waals surface area contributed by atoms with Crippen molar-refractivity contribution in [3.63, 3.8) is 0 Å². The van der Waals surface area contributed by atoms with E-state index in [0.29, 0.717) is 34.6 Å². The van der Waals surface area contributed by atoms with Crippen molar-refractivity contribution < 1.29 is 23.6 Å². The highest BCUT2D eigenvalue weighted by Gasteiger charge is 2.22. The summed E-state index contributed by atoms with van der Waals surface area (Å²) in [4.78, 5) is 43.1. The number of nitrogens with one attached hydrogen (secondary N) is 1. The second-order valence-electron chi connectivity index (χ2n) is 6.98. The van der Waals surface area contributed by atoms with E-state index >= 15 is 0 Å². The van der Waals surface area contributed by atoms with Gasteiger partial charge in [0.25, 0.3) is 5.71 Å². The molecule has 4 rings (SSSR count). The van der Waals surface area contributed by atoms with E-state index in [2.05, 4.69) is 15.5 Å². The summed E-state index contributed by atoms with van der Waals surface area (Å²) in [5, 5.41) is 9.01. The van der Waals surface area contributed by atoms with Gasteiger partial charge in [-0.05, 0) is 43.0 Å². The third-order valence-corrected chi connectivity index (χ3v) is 6.71. The molecule has 0 bridgehead atoms. The molecule has 4 heterocycles. The van der Waals surface area contributed by atoms with Gasteiger partial charge in [0.05, 0.1) is 32.1 Å². The van der Waals surface area contributed by atoms with E-state index in [1.165, 1.54) is 29.6 Å². The van der Waals surface area contributed by atoms with Crippen molar-refractivity contribution in [1.82, 2.24) is 15.5 Å². The molecule has 0 saturated heterocycles. The molecule has 1 N–H and O–H groups in total. The SMILES string of the molecule is CC(=O)NCCc1ccc(C(=O)COC(=O)c2cc(-c3cccs3)nc3onc(C)c23)s1. The number of Topliss-reactive ketones (excluding diaryl/α,β-unsaturated/α-hetero) is 1. The minimum Gasteiger partial charge on any atom is -0.454 e. The lowest BCUT2D eigenvalue weighted by Gasteiger charge is -2.06. The molecule has 32 heavy (non-hydrogen) atoms. The van der Waals surface area contributed by atoms with Crippen LogP contribution in [-0.2, 0) is 16.0 Å². The number of hydrogen-bond acceptors (Lipinski definition) is 9. The van der Waals surface area contributed by atoms with Crippen LogP contribution >= 0.6 is 22.7 Å². The summed E-state index contributed by atoms with van der Waals surface area (Å²) in [5.41, 5.74) is 1.59. The Kier molecular flexibility index (Phi) is 6.42. The van der Waals surface area contributed by atoms with Crippen LogP contribution < -0.4 is 5.32 Å². The maximum atomic E-state index is 12.9.